The SMILES string of the molecule is O=C1S/C(=C\c2cc(Cl)c(OCc3ccccc3Cl)c(Br)c2)C(=O)N1CCOc1ccc(Cl)cc1. The van der Waals surface area contributed by atoms with Gasteiger partial charge in [-0.25, -0.2) is 0 Å². The van der Waals surface area contributed by atoms with Crippen LogP contribution in [0.25, 0.3) is 6.08 Å². The number of amides is 2. The predicted molar refractivity (Wildman–Crippen MR) is 145 cm³/mol. The number of nitrogens with zero attached hydrogens (tertiary/aromatic N) is 1. The molecule has 0 aromatic heterocycles. The minimum Gasteiger partial charge on any atom is -0.492 e. The summed E-state index contributed by atoms with van der Waals surface area (Å²) in [6.45, 7) is 0.542. The van der Waals surface area contributed by atoms with Gasteiger partial charge >= 0.3 is 0 Å². The lowest BCUT2D eigenvalue weighted by molar-refractivity contribution is -0.123. The normalized spacial score (nSPS) is 14.6. The first-order valence-corrected chi connectivity index (χ1v) is 13.0. The summed E-state index contributed by atoms with van der Waals surface area (Å²) in [6.07, 6.45) is 1.62. The molecule has 1 heterocycles. The second-order valence-corrected chi connectivity index (χ2v) is 10.4. The van der Waals surface area contributed by atoms with Crippen LogP contribution in [0.15, 0.2) is 70.0 Å². The van der Waals surface area contributed by atoms with Gasteiger partial charge in [-0.1, -0.05) is 53.0 Å². The highest BCUT2D eigenvalue weighted by molar-refractivity contribution is 9.10. The van der Waals surface area contributed by atoms with Crippen molar-refractivity contribution < 1.29 is 19.1 Å². The van der Waals surface area contributed by atoms with E-state index in [1.54, 1.807) is 48.5 Å². The number of rotatable bonds is 8. The van der Waals surface area contributed by atoms with Crippen molar-refractivity contribution in [3.63, 3.8) is 0 Å². The summed E-state index contributed by atoms with van der Waals surface area (Å²) in [4.78, 5) is 26.6. The molecule has 4 rings (SSSR count). The molecule has 0 saturated carbocycles. The van der Waals surface area contributed by atoms with Crippen LogP contribution in [-0.2, 0) is 11.4 Å². The molecule has 1 aliphatic rings. The highest BCUT2D eigenvalue weighted by atomic mass is 79.9. The molecule has 1 fully saturated rings. The fourth-order valence-corrected chi connectivity index (χ4v) is 5.37. The molecule has 0 aliphatic carbocycles. The van der Waals surface area contributed by atoms with Crippen LogP contribution < -0.4 is 9.47 Å². The van der Waals surface area contributed by atoms with Crippen molar-refractivity contribution in [2.75, 3.05) is 13.2 Å². The van der Waals surface area contributed by atoms with Gasteiger partial charge in [0.05, 0.1) is 20.9 Å². The van der Waals surface area contributed by atoms with Gasteiger partial charge in [-0.3, -0.25) is 14.5 Å². The molecule has 5 nitrogen and oxygen atoms in total. The van der Waals surface area contributed by atoms with Crippen LogP contribution in [0.1, 0.15) is 11.1 Å². The van der Waals surface area contributed by atoms with Gasteiger partial charge in [-0.15, -0.1) is 0 Å². The minimum absolute atomic E-state index is 0.129. The predicted octanol–water partition coefficient (Wildman–Crippen LogP) is 8.10. The van der Waals surface area contributed by atoms with Crippen molar-refractivity contribution in [3.05, 3.63) is 96.2 Å². The van der Waals surface area contributed by atoms with E-state index in [1.807, 2.05) is 18.2 Å². The Morgan fingerprint density at radius 1 is 0.943 bits per heavy atom. The van der Waals surface area contributed by atoms with Gasteiger partial charge in [0.25, 0.3) is 11.1 Å². The van der Waals surface area contributed by atoms with Crippen LogP contribution >= 0.6 is 62.5 Å². The molecule has 0 bridgehead atoms. The van der Waals surface area contributed by atoms with Crippen molar-refractivity contribution in [2.24, 2.45) is 0 Å². The van der Waals surface area contributed by atoms with Gasteiger partial charge in [0, 0.05) is 15.6 Å². The van der Waals surface area contributed by atoms with E-state index >= 15 is 0 Å². The number of thioether (sulfide) groups is 1. The Labute approximate surface area is 230 Å². The molecule has 10 heteroatoms. The first kappa shape index (κ1) is 25.9. The molecule has 3 aromatic carbocycles. The zero-order chi connectivity index (χ0) is 24.9. The molecule has 35 heavy (non-hydrogen) atoms. The summed E-state index contributed by atoms with van der Waals surface area (Å²) >= 11 is 22.8. The first-order valence-electron chi connectivity index (χ1n) is 10.3. The highest BCUT2D eigenvalue weighted by Gasteiger charge is 2.34. The Bertz CT molecular complexity index is 1280. The highest BCUT2D eigenvalue weighted by Crippen LogP contribution is 2.38. The van der Waals surface area contributed by atoms with Crippen LogP contribution in [0.5, 0.6) is 11.5 Å². The maximum atomic E-state index is 12.8. The quantitative estimate of drug-likeness (QED) is 0.240. The molecular weight excluding hydrogens is 597 g/mol. The van der Waals surface area contributed by atoms with Crippen molar-refractivity contribution >= 4 is 79.7 Å². The molecule has 0 spiro atoms. The number of carbonyl (C=O) groups is 2. The van der Waals surface area contributed by atoms with E-state index in [0.29, 0.717) is 41.5 Å². The van der Waals surface area contributed by atoms with Crippen molar-refractivity contribution in [2.45, 2.75) is 6.61 Å². The fourth-order valence-electron chi connectivity index (χ4n) is 3.20. The second-order valence-electron chi connectivity index (χ2n) is 7.33. The molecule has 180 valence electrons. The van der Waals surface area contributed by atoms with E-state index in [1.165, 1.54) is 0 Å². The van der Waals surface area contributed by atoms with E-state index in [0.717, 1.165) is 22.2 Å². The summed E-state index contributed by atoms with van der Waals surface area (Å²) in [5.41, 5.74) is 1.48. The molecule has 1 aliphatic heterocycles. The Balaban J connectivity index is 1.41. The summed E-state index contributed by atoms with van der Waals surface area (Å²) < 4.78 is 12.1. The van der Waals surface area contributed by atoms with Gasteiger partial charge in [-0.2, -0.15) is 0 Å². The molecule has 0 atom stereocenters. The monoisotopic (exact) mass is 611 g/mol. The lowest BCUT2D eigenvalue weighted by atomic mass is 10.2. The molecule has 0 N–H and O–H groups in total. The van der Waals surface area contributed by atoms with E-state index in [-0.39, 0.29) is 30.9 Å². The third kappa shape index (κ3) is 6.54. The van der Waals surface area contributed by atoms with Crippen LogP contribution in [0.4, 0.5) is 4.79 Å². The second kappa shape index (κ2) is 11.7. The lowest BCUT2D eigenvalue weighted by Crippen LogP contribution is -2.32. The average Bonchev–Trinajstić information content (AvgIpc) is 3.08. The molecule has 0 unspecified atom stereocenters. The molecule has 3 aromatic rings. The zero-order valence-corrected chi connectivity index (χ0v) is 22.6. The fraction of sp³-hybridized carbons (Fsp3) is 0.120. The number of benzene rings is 3. The molecule has 1 saturated heterocycles. The van der Waals surface area contributed by atoms with E-state index < -0.39 is 0 Å². The summed E-state index contributed by atoms with van der Waals surface area (Å²) in [5.74, 6) is 0.676. The van der Waals surface area contributed by atoms with Gasteiger partial charge in [0.2, 0.25) is 0 Å². The van der Waals surface area contributed by atoms with Gasteiger partial charge in [-0.05, 0) is 81.8 Å². The molecular formula is C25H17BrCl3NO4S. The number of hydrogen-bond donors (Lipinski definition) is 0. The minimum atomic E-state index is -0.383. The number of imide groups is 1. The topological polar surface area (TPSA) is 55.8 Å². The smallest absolute Gasteiger partial charge is 0.293 e. The number of carbonyl (C=O) groups excluding carboxylic acids is 2. The largest absolute Gasteiger partial charge is 0.492 e. The molecule has 2 amide bonds. The van der Waals surface area contributed by atoms with Crippen LogP contribution in [0, 0.1) is 0 Å². The van der Waals surface area contributed by atoms with E-state index in [2.05, 4.69) is 15.9 Å². The summed E-state index contributed by atoms with van der Waals surface area (Å²) in [7, 11) is 0. The Kier molecular flexibility index (Phi) is 8.68. The maximum Gasteiger partial charge on any atom is 0.293 e. The van der Waals surface area contributed by atoms with Gasteiger partial charge in [0.15, 0.2) is 5.75 Å². The van der Waals surface area contributed by atoms with Crippen LogP contribution in [0.3, 0.4) is 0 Å². The summed E-state index contributed by atoms with van der Waals surface area (Å²) in [6, 6.07) is 17.7. The van der Waals surface area contributed by atoms with Gasteiger partial charge < -0.3 is 9.47 Å². The zero-order valence-electron chi connectivity index (χ0n) is 18.0. The van der Waals surface area contributed by atoms with Crippen LogP contribution in [0.2, 0.25) is 15.1 Å². The standard InChI is InChI=1S/C25H17BrCl3NO4S/c26-19-11-15(12-21(29)23(19)34-14-16-3-1-2-4-20(16)28)13-22-24(31)30(25(32)35-22)9-10-33-18-7-5-17(27)6-8-18/h1-8,11-13H,9-10,14H2/b22-13-. The Morgan fingerprint density at radius 3 is 2.40 bits per heavy atom. The van der Waals surface area contributed by atoms with Gasteiger partial charge in [0.1, 0.15) is 19.0 Å². The third-order valence-electron chi connectivity index (χ3n) is 4.92. The first-order chi connectivity index (χ1) is 16.8. The van der Waals surface area contributed by atoms with Crippen molar-refractivity contribution in [3.8, 4) is 11.5 Å². The van der Waals surface area contributed by atoms with E-state index in [4.69, 9.17) is 44.3 Å². The van der Waals surface area contributed by atoms with E-state index in [9.17, 15) is 9.59 Å². The third-order valence-corrected chi connectivity index (χ3v) is 7.32. The average molecular weight is 614 g/mol. The van der Waals surface area contributed by atoms with Crippen molar-refractivity contribution in [1.82, 2.24) is 4.90 Å². The number of halogens is 4. The summed E-state index contributed by atoms with van der Waals surface area (Å²) in [5, 5.41) is 1.20. The number of hydrogen-bond acceptors (Lipinski definition) is 5. The van der Waals surface area contributed by atoms with Crippen LogP contribution in [-0.4, -0.2) is 29.2 Å². The lowest BCUT2D eigenvalue weighted by Gasteiger charge is -2.13. The maximum absolute atomic E-state index is 12.8. The molecule has 0 radical (unpaired) electrons. The van der Waals surface area contributed by atoms with Crippen molar-refractivity contribution in [1.29, 1.82) is 0 Å². The number of ether oxygens (including phenoxy) is 2. The Morgan fingerprint density at radius 2 is 1.69 bits per heavy atom. The Hall–Kier alpha value is -2.16.